The molecule has 0 N–H and O–H groups in total. The summed E-state index contributed by atoms with van der Waals surface area (Å²) in [4.78, 5) is 13.1. The molecule has 0 aliphatic heterocycles. The molecule has 0 spiro atoms. The monoisotopic (exact) mass is 292 g/mol. The van der Waals surface area contributed by atoms with Gasteiger partial charge in [-0.15, -0.1) is 22.9 Å². The predicted octanol–water partition coefficient (Wildman–Crippen LogP) is 3.63. The minimum atomic E-state index is 0.182. The highest BCUT2D eigenvalue weighted by atomic mass is 35.5. The van der Waals surface area contributed by atoms with E-state index in [1.807, 2.05) is 17.6 Å². The second-order valence-corrected chi connectivity index (χ2v) is 5.38. The van der Waals surface area contributed by atoms with Crippen LogP contribution in [-0.4, -0.2) is 19.5 Å². The zero-order valence-corrected chi connectivity index (χ0v) is 12.0. The van der Waals surface area contributed by atoms with Gasteiger partial charge in [-0.05, 0) is 12.5 Å². The molecule has 0 amide bonds. The van der Waals surface area contributed by atoms with E-state index in [4.69, 9.17) is 11.6 Å². The maximum absolute atomic E-state index is 6.05. The predicted molar refractivity (Wildman–Crippen MR) is 77.6 cm³/mol. The third-order valence-corrected chi connectivity index (χ3v) is 4.24. The Morgan fingerprint density at radius 2 is 2.32 bits per heavy atom. The standard InChI is InChI=1S/C13H13ClN4S/c1-2-10(13-16-5-6-19-13)18-11-3-4-15-8-9(11)17-12(18)7-14/h3-6,8,10H,2,7H2,1H3. The molecule has 4 nitrogen and oxygen atoms in total. The first-order chi connectivity index (χ1) is 9.35. The van der Waals surface area contributed by atoms with Gasteiger partial charge in [0.15, 0.2) is 0 Å². The van der Waals surface area contributed by atoms with Crippen molar-refractivity contribution in [2.45, 2.75) is 25.3 Å². The SMILES string of the molecule is CCC(c1nccs1)n1c(CCl)nc2cnccc21. The van der Waals surface area contributed by atoms with Crippen LogP contribution in [0.2, 0.25) is 0 Å². The number of aromatic nitrogens is 4. The van der Waals surface area contributed by atoms with Crippen molar-refractivity contribution < 1.29 is 0 Å². The molecule has 3 heterocycles. The number of imidazole rings is 1. The highest BCUT2D eigenvalue weighted by molar-refractivity contribution is 7.09. The Kier molecular flexibility index (Phi) is 3.48. The first kappa shape index (κ1) is 12.6. The molecule has 1 atom stereocenters. The van der Waals surface area contributed by atoms with Crippen molar-refractivity contribution in [2.75, 3.05) is 0 Å². The second kappa shape index (κ2) is 5.27. The average Bonchev–Trinajstić information content (AvgIpc) is 3.08. The van der Waals surface area contributed by atoms with Gasteiger partial charge in [-0.1, -0.05) is 6.92 Å². The smallest absolute Gasteiger partial charge is 0.125 e. The third kappa shape index (κ3) is 2.13. The summed E-state index contributed by atoms with van der Waals surface area (Å²) >= 11 is 7.71. The first-order valence-corrected chi connectivity index (χ1v) is 7.52. The van der Waals surface area contributed by atoms with Crippen LogP contribution in [-0.2, 0) is 5.88 Å². The average molecular weight is 293 g/mol. The second-order valence-electron chi connectivity index (χ2n) is 4.19. The molecule has 3 aromatic rings. The van der Waals surface area contributed by atoms with Gasteiger partial charge in [0.2, 0.25) is 0 Å². The van der Waals surface area contributed by atoms with E-state index in [1.165, 1.54) is 0 Å². The molecule has 0 aliphatic carbocycles. The van der Waals surface area contributed by atoms with Crippen molar-refractivity contribution in [1.29, 1.82) is 0 Å². The van der Waals surface area contributed by atoms with E-state index in [9.17, 15) is 0 Å². The fourth-order valence-electron chi connectivity index (χ4n) is 2.31. The molecule has 6 heteroatoms. The Balaban J connectivity index is 2.22. The Labute approximate surface area is 120 Å². The molecule has 3 aromatic heterocycles. The molecule has 0 radical (unpaired) electrons. The van der Waals surface area contributed by atoms with Crippen molar-refractivity contribution in [2.24, 2.45) is 0 Å². The van der Waals surface area contributed by atoms with Crippen LogP contribution >= 0.6 is 22.9 Å². The van der Waals surface area contributed by atoms with E-state index >= 15 is 0 Å². The zero-order chi connectivity index (χ0) is 13.2. The van der Waals surface area contributed by atoms with Gasteiger partial charge < -0.3 is 4.57 Å². The topological polar surface area (TPSA) is 43.6 Å². The fourth-order valence-corrected chi connectivity index (χ4v) is 3.31. The van der Waals surface area contributed by atoms with Gasteiger partial charge in [0, 0.05) is 17.8 Å². The minimum absolute atomic E-state index is 0.182. The van der Waals surface area contributed by atoms with Crippen LogP contribution in [0, 0.1) is 0 Å². The van der Waals surface area contributed by atoms with Crippen molar-refractivity contribution >= 4 is 34.0 Å². The van der Waals surface area contributed by atoms with E-state index in [0.29, 0.717) is 5.88 Å². The molecule has 1 unspecified atom stereocenters. The number of hydrogen-bond donors (Lipinski definition) is 0. The lowest BCUT2D eigenvalue weighted by molar-refractivity contribution is 0.561. The Hall–Kier alpha value is -1.46. The third-order valence-electron chi connectivity index (χ3n) is 3.12. The molecular formula is C13H13ClN4S. The van der Waals surface area contributed by atoms with Crippen LogP contribution < -0.4 is 0 Å². The number of halogens is 1. The maximum Gasteiger partial charge on any atom is 0.125 e. The van der Waals surface area contributed by atoms with Gasteiger partial charge in [-0.2, -0.15) is 0 Å². The van der Waals surface area contributed by atoms with Crippen molar-refractivity contribution in [3.8, 4) is 0 Å². The van der Waals surface area contributed by atoms with Crippen LogP contribution in [0.15, 0.2) is 30.0 Å². The molecule has 0 fully saturated rings. The Morgan fingerprint density at radius 3 is 3.00 bits per heavy atom. The van der Waals surface area contributed by atoms with E-state index in [0.717, 1.165) is 28.3 Å². The summed E-state index contributed by atoms with van der Waals surface area (Å²) < 4.78 is 2.18. The Bertz CT molecular complexity index is 677. The summed E-state index contributed by atoms with van der Waals surface area (Å²) in [7, 11) is 0. The van der Waals surface area contributed by atoms with E-state index in [-0.39, 0.29) is 6.04 Å². The summed E-state index contributed by atoms with van der Waals surface area (Å²) in [6.07, 6.45) is 6.35. The van der Waals surface area contributed by atoms with Gasteiger partial charge in [0.1, 0.15) is 16.3 Å². The number of fused-ring (bicyclic) bond motifs is 1. The number of alkyl halides is 1. The molecule has 98 valence electrons. The molecule has 19 heavy (non-hydrogen) atoms. The van der Waals surface area contributed by atoms with Crippen LogP contribution in [0.1, 0.15) is 30.2 Å². The lowest BCUT2D eigenvalue weighted by Gasteiger charge is -2.17. The maximum atomic E-state index is 6.05. The van der Waals surface area contributed by atoms with Gasteiger partial charge in [-0.25, -0.2) is 9.97 Å². The highest BCUT2D eigenvalue weighted by Crippen LogP contribution is 2.29. The largest absolute Gasteiger partial charge is 0.317 e. The summed E-state index contributed by atoms with van der Waals surface area (Å²) in [6.45, 7) is 2.15. The Morgan fingerprint density at radius 1 is 1.42 bits per heavy atom. The summed E-state index contributed by atoms with van der Waals surface area (Å²) in [5.41, 5.74) is 1.95. The van der Waals surface area contributed by atoms with E-state index < -0.39 is 0 Å². The van der Waals surface area contributed by atoms with Crippen molar-refractivity contribution in [1.82, 2.24) is 19.5 Å². The van der Waals surface area contributed by atoms with Gasteiger partial charge in [-0.3, -0.25) is 4.98 Å². The molecule has 0 bridgehead atoms. The van der Waals surface area contributed by atoms with Crippen LogP contribution in [0.4, 0.5) is 0 Å². The summed E-state index contributed by atoms with van der Waals surface area (Å²) in [6, 6.07) is 2.16. The number of nitrogens with zero attached hydrogens (tertiary/aromatic N) is 4. The molecular weight excluding hydrogens is 280 g/mol. The fraction of sp³-hybridized carbons (Fsp3) is 0.308. The quantitative estimate of drug-likeness (QED) is 0.690. The lowest BCUT2D eigenvalue weighted by Crippen LogP contribution is -2.12. The van der Waals surface area contributed by atoms with E-state index in [1.54, 1.807) is 23.7 Å². The number of thiazole rings is 1. The zero-order valence-electron chi connectivity index (χ0n) is 10.5. The van der Waals surface area contributed by atoms with Crippen molar-refractivity contribution in [3.05, 3.63) is 40.9 Å². The van der Waals surface area contributed by atoms with Crippen molar-refractivity contribution in [3.63, 3.8) is 0 Å². The molecule has 0 saturated heterocycles. The lowest BCUT2D eigenvalue weighted by atomic mass is 10.2. The van der Waals surface area contributed by atoms with Gasteiger partial charge >= 0.3 is 0 Å². The van der Waals surface area contributed by atoms with Crippen LogP contribution in [0.25, 0.3) is 11.0 Å². The summed E-state index contributed by atoms with van der Waals surface area (Å²) in [5.74, 6) is 1.25. The van der Waals surface area contributed by atoms with E-state index in [2.05, 4.69) is 26.4 Å². The molecule has 0 aromatic carbocycles. The van der Waals surface area contributed by atoms with Gasteiger partial charge in [0.05, 0.1) is 23.6 Å². The normalized spacial score (nSPS) is 12.9. The first-order valence-electron chi connectivity index (χ1n) is 6.11. The van der Waals surface area contributed by atoms with Crippen LogP contribution in [0.3, 0.4) is 0 Å². The number of pyridine rings is 1. The van der Waals surface area contributed by atoms with Gasteiger partial charge in [0.25, 0.3) is 0 Å². The molecule has 0 saturated carbocycles. The number of rotatable bonds is 4. The molecule has 0 aliphatic rings. The minimum Gasteiger partial charge on any atom is -0.317 e. The molecule has 3 rings (SSSR count). The number of hydrogen-bond acceptors (Lipinski definition) is 4. The van der Waals surface area contributed by atoms with Crippen LogP contribution in [0.5, 0.6) is 0 Å². The highest BCUT2D eigenvalue weighted by Gasteiger charge is 2.20. The summed E-state index contributed by atoms with van der Waals surface area (Å²) in [5, 5.41) is 3.09.